The molecule has 0 aliphatic rings. The van der Waals surface area contributed by atoms with E-state index in [0.29, 0.717) is 18.2 Å². The van der Waals surface area contributed by atoms with Crippen LogP contribution in [0.4, 0.5) is 0 Å². The molecule has 0 aliphatic heterocycles. The first-order valence-corrected chi connectivity index (χ1v) is 5.54. The first kappa shape index (κ1) is 12.6. The van der Waals surface area contributed by atoms with E-state index in [0.717, 1.165) is 6.42 Å². The van der Waals surface area contributed by atoms with E-state index in [1.165, 1.54) is 0 Å². The van der Waals surface area contributed by atoms with Crippen molar-refractivity contribution >= 4 is 5.91 Å². The van der Waals surface area contributed by atoms with Crippen LogP contribution in [0.5, 0.6) is 0 Å². The predicted molar refractivity (Wildman–Crippen MR) is 64.0 cm³/mol. The number of nitrogens with two attached hydrogens (primary N) is 1. The number of nitrogens with one attached hydrogen (secondary N) is 1. The summed E-state index contributed by atoms with van der Waals surface area (Å²) in [5.41, 5.74) is 6.30. The second-order valence-corrected chi connectivity index (χ2v) is 4.31. The highest BCUT2D eigenvalue weighted by atomic mass is 16.1. The first-order valence-electron chi connectivity index (χ1n) is 5.54. The average Bonchev–Trinajstić information content (AvgIpc) is 2.26. The van der Waals surface area contributed by atoms with Gasteiger partial charge in [0.15, 0.2) is 0 Å². The van der Waals surface area contributed by atoms with Gasteiger partial charge in [-0.3, -0.25) is 9.78 Å². The van der Waals surface area contributed by atoms with Crippen molar-refractivity contribution in [3.8, 4) is 0 Å². The molecule has 1 amide bonds. The molecule has 16 heavy (non-hydrogen) atoms. The molecule has 0 saturated heterocycles. The third kappa shape index (κ3) is 4.40. The Hall–Kier alpha value is -1.42. The summed E-state index contributed by atoms with van der Waals surface area (Å²) in [6, 6.07) is 5.26. The Morgan fingerprint density at radius 2 is 2.25 bits per heavy atom. The molecular weight excluding hydrogens is 202 g/mol. The zero-order valence-corrected chi connectivity index (χ0v) is 9.81. The SMILES string of the molecule is CC(C)CC(N)CNC(=O)c1ccccn1. The topological polar surface area (TPSA) is 68.0 Å². The van der Waals surface area contributed by atoms with Crippen LogP contribution in [0.15, 0.2) is 24.4 Å². The quantitative estimate of drug-likeness (QED) is 0.784. The standard InChI is InChI=1S/C12H19N3O/c1-9(2)7-10(13)8-15-12(16)11-5-3-4-6-14-11/h3-6,9-10H,7-8,13H2,1-2H3,(H,15,16). The maximum atomic E-state index is 11.6. The fraction of sp³-hybridized carbons (Fsp3) is 0.500. The Morgan fingerprint density at radius 1 is 1.50 bits per heavy atom. The lowest BCUT2D eigenvalue weighted by Crippen LogP contribution is -2.38. The molecule has 0 fully saturated rings. The van der Waals surface area contributed by atoms with Gasteiger partial charge in [0.25, 0.3) is 5.91 Å². The number of carbonyl (C=O) groups excluding carboxylic acids is 1. The Morgan fingerprint density at radius 3 is 2.81 bits per heavy atom. The number of amides is 1. The largest absolute Gasteiger partial charge is 0.349 e. The molecule has 1 aromatic rings. The Bertz CT molecular complexity index is 324. The van der Waals surface area contributed by atoms with Gasteiger partial charge in [0.1, 0.15) is 5.69 Å². The number of nitrogens with zero attached hydrogens (tertiary/aromatic N) is 1. The Kier molecular flexibility index (Phi) is 4.92. The number of hydrogen-bond donors (Lipinski definition) is 2. The van der Waals surface area contributed by atoms with Crippen molar-refractivity contribution in [2.75, 3.05) is 6.54 Å². The number of pyridine rings is 1. The van der Waals surface area contributed by atoms with Gasteiger partial charge in [-0.1, -0.05) is 19.9 Å². The van der Waals surface area contributed by atoms with Gasteiger partial charge in [-0.25, -0.2) is 0 Å². The van der Waals surface area contributed by atoms with Crippen molar-refractivity contribution in [2.45, 2.75) is 26.3 Å². The number of rotatable bonds is 5. The van der Waals surface area contributed by atoms with Gasteiger partial charge < -0.3 is 11.1 Å². The van der Waals surface area contributed by atoms with E-state index in [2.05, 4.69) is 24.1 Å². The summed E-state index contributed by atoms with van der Waals surface area (Å²) in [5.74, 6) is 0.376. The minimum Gasteiger partial charge on any atom is -0.349 e. The van der Waals surface area contributed by atoms with Crippen molar-refractivity contribution in [3.05, 3.63) is 30.1 Å². The predicted octanol–water partition coefficient (Wildman–Crippen LogP) is 1.18. The van der Waals surface area contributed by atoms with Gasteiger partial charge in [0, 0.05) is 18.8 Å². The molecule has 1 aromatic heterocycles. The van der Waals surface area contributed by atoms with Gasteiger partial charge in [-0.15, -0.1) is 0 Å². The van der Waals surface area contributed by atoms with E-state index >= 15 is 0 Å². The molecule has 1 unspecified atom stereocenters. The summed E-state index contributed by atoms with van der Waals surface area (Å²) in [7, 11) is 0. The van der Waals surface area contributed by atoms with Crippen LogP contribution in [-0.2, 0) is 0 Å². The lowest BCUT2D eigenvalue weighted by atomic mass is 10.0. The van der Waals surface area contributed by atoms with E-state index in [9.17, 15) is 4.79 Å². The highest BCUT2D eigenvalue weighted by Gasteiger charge is 2.09. The average molecular weight is 221 g/mol. The smallest absolute Gasteiger partial charge is 0.269 e. The molecule has 1 heterocycles. The van der Waals surface area contributed by atoms with Gasteiger partial charge in [0.05, 0.1) is 0 Å². The van der Waals surface area contributed by atoms with Crippen LogP contribution in [0.25, 0.3) is 0 Å². The molecule has 1 rings (SSSR count). The minimum atomic E-state index is -0.167. The fourth-order valence-corrected chi connectivity index (χ4v) is 1.50. The lowest BCUT2D eigenvalue weighted by Gasteiger charge is -2.14. The highest BCUT2D eigenvalue weighted by Crippen LogP contribution is 2.01. The molecular formula is C12H19N3O. The summed E-state index contributed by atoms with van der Waals surface area (Å²) in [5, 5.41) is 2.78. The number of carbonyl (C=O) groups is 1. The highest BCUT2D eigenvalue weighted by molar-refractivity contribution is 5.92. The Balaban J connectivity index is 2.36. The monoisotopic (exact) mass is 221 g/mol. The van der Waals surface area contributed by atoms with Crippen molar-refractivity contribution in [1.82, 2.24) is 10.3 Å². The van der Waals surface area contributed by atoms with Crippen LogP contribution in [0.1, 0.15) is 30.8 Å². The molecule has 0 radical (unpaired) electrons. The van der Waals surface area contributed by atoms with Crippen LogP contribution in [0.3, 0.4) is 0 Å². The minimum absolute atomic E-state index is 0.00709. The molecule has 88 valence electrons. The van der Waals surface area contributed by atoms with Crippen LogP contribution in [0, 0.1) is 5.92 Å². The van der Waals surface area contributed by atoms with E-state index in [1.54, 1.807) is 24.4 Å². The van der Waals surface area contributed by atoms with E-state index in [-0.39, 0.29) is 11.9 Å². The summed E-state index contributed by atoms with van der Waals surface area (Å²) in [4.78, 5) is 15.6. The third-order valence-electron chi connectivity index (χ3n) is 2.20. The van der Waals surface area contributed by atoms with Crippen molar-refractivity contribution in [2.24, 2.45) is 11.7 Å². The van der Waals surface area contributed by atoms with Crippen LogP contribution >= 0.6 is 0 Å². The summed E-state index contributed by atoms with van der Waals surface area (Å²) < 4.78 is 0. The summed E-state index contributed by atoms with van der Waals surface area (Å²) >= 11 is 0. The van der Waals surface area contributed by atoms with Gasteiger partial charge in [-0.2, -0.15) is 0 Å². The maximum absolute atomic E-state index is 11.6. The Labute approximate surface area is 96.3 Å². The normalized spacial score (nSPS) is 12.5. The molecule has 0 aliphatic carbocycles. The number of aromatic nitrogens is 1. The molecule has 0 aromatic carbocycles. The second kappa shape index (κ2) is 6.23. The van der Waals surface area contributed by atoms with Crippen molar-refractivity contribution < 1.29 is 4.79 Å². The first-order chi connectivity index (χ1) is 7.59. The molecule has 0 spiro atoms. The lowest BCUT2D eigenvalue weighted by molar-refractivity contribution is 0.0945. The van der Waals surface area contributed by atoms with Crippen molar-refractivity contribution in [1.29, 1.82) is 0 Å². The van der Waals surface area contributed by atoms with Gasteiger partial charge in [0.2, 0.25) is 0 Å². The molecule has 0 saturated carbocycles. The molecule has 1 atom stereocenters. The fourth-order valence-electron chi connectivity index (χ4n) is 1.50. The summed E-state index contributed by atoms with van der Waals surface area (Å²) in [6.45, 7) is 4.72. The zero-order valence-electron chi connectivity index (χ0n) is 9.81. The van der Waals surface area contributed by atoms with E-state index in [4.69, 9.17) is 5.73 Å². The third-order valence-corrected chi connectivity index (χ3v) is 2.20. The molecule has 3 N–H and O–H groups in total. The maximum Gasteiger partial charge on any atom is 0.269 e. The van der Waals surface area contributed by atoms with E-state index in [1.807, 2.05) is 0 Å². The van der Waals surface area contributed by atoms with E-state index < -0.39 is 0 Å². The zero-order chi connectivity index (χ0) is 12.0. The summed E-state index contributed by atoms with van der Waals surface area (Å²) in [6.07, 6.45) is 2.51. The van der Waals surface area contributed by atoms with Gasteiger partial charge in [-0.05, 0) is 24.5 Å². The number of hydrogen-bond acceptors (Lipinski definition) is 3. The van der Waals surface area contributed by atoms with Crippen LogP contribution in [0.2, 0.25) is 0 Å². The molecule has 0 bridgehead atoms. The van der Waals surface area contributed by atoms with Crippen LogP contribution < -0.4 is 11.1 Å². The second-order valence-electron chi connectivity index (χ2n) is 4.31. The molecule has 4 nitrogen and oxygen atoms in total. The molecule has 4 heteroatoms. The van der Waals surface area contributed by atoms with Gasteiger partial charge >= 0.3 is 0 Å². The van der Waals surface area contributed by atoms with Crippen molar-refractivity contribution in [3.63, 3.8) is 0 Å². The van der Waals surface area contributed by atoms with Crippen LogP contribution in [-0.4, -0.2) is 23.5 Å².